The Balaban J connectivity index is 1.81. The molecule has 34 heavy (non-hydrogen) atoms. The zero-order chi connectivity index (χ0) is 24.2. The number of nitrogens with one attached hydrogen (secondary N) is 1. The molecule has 1 unspecified atom stereocenters. The van der Waals surface area contributed by atoms with Crippen molar-refractivity contribution in [3.05, 3.63) is 102 Å². The van der Waals surface area contributed by atoms with E-state index >= 15 is 0 Å². The molecular weight excluding hydrogens is 424 g/mol. The lowest BCUT2D eigenvalue weighted by molar-refractivity contribution is -0.141. The fourth-order valence-electron chi connectivity index (χ4n) is 3.93. The van der Waals surface area contributed by atoms with E-state index in [2.05, 4.69) is 5.32 Å². The van der Waals surface area contributed by atoms with Gasteiger partial charge < -0.3 is 15.0 Å². The molecule has 0 saturated heterocycles. The highest BCUT2D eigenvalue weighted by molar-refractivity contribution is 5.88. The first-order valence-electron chi connectivity index (χ1n) is 11.9. The van der Waals surface area contributed by atoms with Crippen molar-refractivity contribution in [3.63, 3.8) is 0 Å². The Kier molecular flexibility index (Phi) is 9.71. The lowest BCUT2D eigenvalue weighted by atomic mass is 10.0. The molecule has 5 nitrogen and oxygen atoms in total. The zero-order valence-electron chi connectivity index (χ0n) is 20.1. The lowest BCUT2D eigenvalue weighted by Gasteiger charge is -2.31. The number of carbonyl (C=O) groups is 2. The number of hydrogen-bond donors (Lipinski definition) is 1. The Labute approximate surface area is 202 Å². The third kappa shape index (κ3) is 7.48. The van der Waals surface area contributed by atoms with Crippen LogP contribution < -0.4 is 10.1 Å². The molecule has 0 bridgehead atoms. The number of benzene rings is 3. The highest BCUT2D eigenvalue weighted by Gasteiger charge is 2.29. The average Bonchev–Trinajstić information content (AvgIpc) is 2.88. The molecule has 2 amide bonds. The summed E-state index contributed by atoms with van der Waals surface area (Å²) in [6.45, 7) is 2.87. The molecule has 1 atom stereocenters. The molecule has 1 N–H and O–H groups in total. The maximum absolute atomic E-state index is 13.5. The molecule has 0 fully saturated rings. The van der Waals surface area contributed by atoms with Crippen LogP contribution in [-0.2, 0) is 29.0 Å². The maximum atomic E-state index is 13.5. The average molecular weight is 459 g/mol. The summed E-state index contributed by atoms with van der Waals surface area (Å²) in [5.74, 6) is 0.616. The summed E-state index contributed by atoms with van der Waals surface area (Å²) in [7, 11) is 1.63. The van der Waals surface area contributed by atoms with Gasteiger partial charge in [0.2, 0.25) is 11.8 Å². The summed E-state index contributed by atoms with van der Waals surface area (Å²) in [5.41, 5.74) is 3.15. The normalized spacial score (nSPS) is 11.5. The molecule has 3 aromatic carbocycles. The minimum atomic E-state index is -0.598. The van der Waals surface area contributed by atoms with E-state index in [9.17, 15) is 9.59 Å². The topological polar surface area (TPSA) is 58.6 Å². The van der Waals surface area contributed by atoms with E-state index in [-0.39, 0.29) is 11.8 Å². The van der Waals surface area contributed by atoms with E-state index in [1.54, 1.807) is 12.0 Å². The molecule has 3 aromatic rings. The van der Waals surface area contributed by atoms with Gasteiger partial charge in [0, 0.05) is 25.9 Å². The van der Waals surface area contributed by atoms with Crippen LogP contribution in [0, 0.1) is 0 Å². The lowest BCUT2D eigenvalue weighted by Crippen LogP contribution is -2.50. The Hall–Kier alpha value is -3.60. The highest BCUT2D eigenvalue weighted by atomic mass is 16.5. The molecule has 0 aliphatic rings. The third-order valence-corrected chi connectivity index (χ3v) is 5.80. The summed E-state index contributed by atoms with van der Waals surface area (Å²) in [5, 5.41) is 3.08. The molecule has 0 spiro atoms. The standard InChI is InChI=1S/C29H34N2O3/c1-3-10-28(32)31(22-25-15-17-26(34-2)18-16-25)27(21-24-13-8-5-9-14-24)29(33)30-20-19-23-11-6-4-7-12-23/h4-9,11-18,27H,3,10,19-22H2,1-2H3,(H,30,33). The predicted octanol–water partition coefficient (Wildman–Crippen LogP) is 4.79. The number of hydrogen-bond acceptors (Lipinski definition) is 3. The number of carbonyl (C=O) groups excluding carboxylic acids is 2. The van der Waals surface area contributed by atoms with Gasteiger partial charge in [-0.25, -0.2) is 0 Å². The van der Waals surface area contributed by atoms with Crippen molar-refractivity contribution in [2.75, 3.05) is 13.7 Å². The van der Waals surface area contributed by atoms with Gasteiger partial charge in [0.25, 0.3) is 0 Å². The summed E-state index contributed by atoms with van der Waals surface area (Å²) < 4.78 is 5.26. The molecule has 0 aromatic heterocycles. The Morgan fingerprint density at radius 3 is 2.06 bits per heavy atom. The number of methoxy groups -OCH3 is 1. The van der Waals surface area contributed by atoms with Crippen LogP contribution in [0.1, 0.15) is 36.5 Å². The van der Waals surface area contributed by atoms with Gasteiger partial charge >= 0.3 is 0 Å². The monoisotopic (exact) mass is 458 g/mol. The van der Waals surface area contributed by atoms with E-state index in [1.807, 2.05) is 91.9 Å². The number of rotatable bonds is 12. The SMILES string of the molecule is CCCC(=O)N(Cc1ccc(OC)cc1)C(Cc1ccccc1)C(=O)NCCc1ccccc1. The number of nitrogens with zero attached hydrogens (tertiary/aromatic N) is 1. The maximum Gasteiger partial charge on any atom is 0.243 e. The number of ether oxygens (including phenoxy) is 1. The van der Waals surface area contributed by atoms with Gasteiger partial charge in [-0.1, -0.05) is 79.7 Å². The van der Waals surface area contributed by atoms with E-state index < -0.39 is 6.04 Å². The van der Waals surface area contributed by atoms with Crippen LogP contribution in [0.3, 0.4) is 0 Å². The van der Waals surface area contributed by atoms with Crippen molar-refractivity contribution in [1.29, 1.82) is 0 Å². The van der Waals surface area contributed by atoms with E-state index in [0.717, 1.165) is 29.7 Å². The molecule has 0 heterocycles. The fourth-order valence-corrected chi connectivity index (χ4v) is 3.93. The van der Waals surface area contributed by atoms with Gasteiger partial charge in [-0.05, 0) is 41.7 Å². The van der Waals surface area contributed by atoms with Crippen LogP contribution in [0.4, 0.5) is 0 Å². The summed E-state index contributed by atoms with van der Waals surface area (Å²) >= 11 is 0. The van der Waals surface area contributed by atoms with Crippen LogP contribution in [-0.4, -0.2) is 36.4 Å². The second-order valence-electron chi connectivity index (χ2n) is 8.35. The summed E-state index contributed by atoms with van der Waals surface area (Å²) in [4.78, 5) is 28.4. The van der Waals surface area contributed by atoms with E-state index in [0.29, 0.717) is 25.9 Å². The molecule has 0 radical (unpaired) electrons. The predicted molar refractivity (Wildman–Crippen MR) is 136 cm³/mol. The second-order valence-corrected chi connectivity index (χ2v) is 8.35. The van der Waals surface area contributed by atoms with Crippen molar-refractivity contribution in [2.24, 2.45) is 0 Å². The first-order chi connectivity index (χ1) is 16.6. The van der Waals surface area contributed by atoms with Gasteiger partial charge in [0.05, 0.1) is 7.11 Å². The molecule has 3 rings (SSSR count). The first-order valence-corrected chi connectivity index (χ1v) is 11.9. The Morgan fingerprint density at radius 2 is 1.47 bits per heavy atom. The van der Waals surface area contributed by atoms with Crippen molar-refractivity contribution in [1.82, 2.24) is 10.2 Å². The quantitative estimate of drug-likeness (QED) is 0.424. The smallest absolute Gasteiger partial charge is 0.243 e. The Morgan fingerprint density at radius 1 is 0.853 bits per heavy atom. The summed E-state index contributed by atoms with van der Waals surface area (Å²) in [6, 6.07) is 27.0. The minimum Gasteiger partial charge on any atom is -0.497 e. The fraction of sp³-hybridized carbons (Fsp3) is 0.310. The van der Waals surface area contributed by atoms with Crippen LogP contribution in [0.2, 0.25) is 0 Å². The zero-order valence-corrected chi connectivity index (χ0v) is 20.1. The van der Waals surface area contributed by atoms with Gasteiger partial charge in [-0.15, -0.1) is 0 Å². The molecule has 178 valence electrons. The molecule has 0 aliphatic heterocycles. The third-order valence-electron chi connectivity index (χ3n) is 5.80. The molecule has 0 aliphatic carbocycles. The van der Waals surface area contributed by atoms with Crippen molar-refractivity contribution in [3.8, 4) is 5.75 Å². The molecule has 5 heteroatoms. The highest BCUT2D eigenvalue weighted by Crippen LogP contribution is 2.18. The van der Waals surface area contributed by atoms with Crippen LogP contribution in [0.5, 0.6) is 5.75 Å². The largest absolute Gasteiger partial charge is 0.497 e. The van der Waals surface area contributed by atoms with Gasteiger partial charge in [0.1, 0.15) is 11.8 Å². The first kappa shape index (κ1) is 25.0. The van der Waals surface area contributed by atoms with Gasteiger partial charge in [-0.3, -0.25) is 9.59 Å². The second kappa shape index (κ2) is 13.2. The summed E-state index contributed by atoms with van der Waals surface area (Å²) in [6.07, 6.45) is 2.33. The van der Waals surface area contributed by atoms with E-state index in [1.165, 1.54) is 5.56 Å². The van der Waals surface area contributed by atoms with Gasteiger partial charge in [-0.2, -0.15) is 0 Å². The van der Waals surface area contributed by atoms with E-state index in [4.69, 9.17) is 4.74 Å². The van der Waals surface area contributed by atoms with Crippen molar-refractivity contribution in [2.45, 2.75) is 45.2 Å². The van der Waals surface area contributed by atoms with Crippen LogP contribution in [0.25, 0.3) is 0 Å². The number of amides is 2. The van der Waals surface area contributed by atoms with Crippen molar-refractivity contribution < 1.29 is 14.3 Å². The molecule has 0 saturated carbocycles. The Bertz CT molecular complexity index is 1020. The minimum absolute atomic E-state index is 0.0162. The molecular formula is C29H34N2O3. The van der Waals surface area contributed by atoms with Crippen LogP contribution >= 0.6 is 0 Å². The van der Waals surface area contributed by atoms with Crippen molar-refractivity contribution >= 4 is 11.8 Å². The van der Waals surface area contributed by atoms with Crippen LogP contribution in [0.15, 0.2) is 84.9 Å². The van der Waals surface area contributed by atoms with Gasteiger partial charge in [0.15, 0.2) is 0 Å².